The van der Waals surface area contributed by atoms with Crippen LogP contribution < -0.4 is 10.6 Å². The lowest BCUT2D eigenvalue weighted by Gasteiger charge is -2.07. The molecule has 1 heterocycles. The van der Waals surface area contributed by atoms with Gasteiger partial charge in [0.05, 0.1) is 5.56 Å². The van der Waals surface area contributed by atoms with Crippen molar-refractivity contribution >= 4 is 23.3 Å². The molecule has 2 rings (SSSR count). The van der Waals surface area contributed by atoms with Crippen LogP contribution in [0.15, 0.2) is 42.6 Å². The first kappa shape index (κ1) is 15.3. The highest BCUT2D eigenvalue weighted by atomic mass is 35.5. The number of halogens is 1. The van der Waals surface area contributed by atoms with Crippen molar-refractivity contribution in [2.45, 2.75) is 19.9 Å². The molecule has 1 aromatic heterocycles. The number of carbonyl (C=O) groups excluding carboxylic acids is 1. The van der Waals surface area contributed by atoms with Crippen molar-refractivity contribution in [3.8, 4) is 0 Å². The van der Waals surface area contributed by atoms with E-state index in [0.717, 1.165) is 24.3 Å². The molecule has 4 nitrogen and oxygen atoms in total. The summed E-state index contributed by atoms with van der Waals surface area (Å²) in [4.78, 5) is 16.2. The Hall–Kier alpha value is -2.07. The molecule has 5 heteroatoms. The second kappa shape index (κ2) is 7.64. The molecule has 0 bridgehead atoms. The zero-order valence-corrected chi connectivity index (χ0v) is 12.7. The molecule has 0 fully saturated rings. The number of carbonyl (C=O) groups is 1. The fourth-order valence-corrected chi connectivity index (χ4v) is 1.90. The minimum atomic E-state index is -0.139. The highest BCUT2D eigenvalue weighted by molar-refractivity contribution is 6.30. The largest absolute Gasteiger partial charge is 0.370 e. The number of amides is 1. The minimum Gasteiger partial charge on any atom is -0.370 e. The predicted octanol–water partition coefficient (Wildman–Crippen LogP) is 3.49. The average molecular weight is 304 g/mol. The van der Waals surface area contributed by atoms with E-state index in [-0.39, 0.29) is 5.91 Å². The maximum Gasteiger partial charge on any atom is 0.253 e. The standard InChI is InChI=1S/C16H18ClN3O/c1-2-9-18-15-8-5-13(11-19-15)16(21)20-10-12-3-6-14(17)7-4-12/h3-8,11H,2,9-10H2,1H3,(H,18,19)(H,20,21). The zero-order chi connectivity index (χ0) is 15.1. The SMILES string of the molecule is CCCNc1ccc(C(=O)NCc2ccc(Cl)cc2)cn1. The van der Waals surface area contributed by atoms with Crippen LogP contribution in [0, 0.1) is 0 Å². The summed E-state index contributed by atoms with van der Waals surface area (Å²) in [5.74, 6) is 0.644. The van der Waals surface area contributed by atoms with Crippen LogP contribution in [0.3, 0.4) is 0 Å². The molecule has 0 aliphatic rings. The third-order valence-corrected chi connectivity index (χ3v) is 3.20. The lowest BCUT2D eigenvalue weighted by atomic mass is 10.2. The molecule has 0 atom stereocenters. The van der Waals surface area contributed by atoms with Crippen LogP contribution in [-0.2, 0) is 6.54 Å². The number of rotatable bonds is 6. The maximum absolute atomic E-state index is 12.0. The third-order valence-electron chi connectivity index (χ3n) is 2.95. The fraction of sp³-hybridized carbons (Fsp3) is 0.250. The van der Waals surface area contributed by atoms with Crippen LogP contribution >= 0.6 is 11.6 Å². The summed E-state index contributed by atoms with van der Waals surface area (Å²) in [5, 5.41) is 6.71. The summed E-state index contributed by atoms with van der Waals surface area (Å²) in [6.45, 7) is 3.42. The van der Waals surface area contributed by atoms with Gasteiger partial charge in [-0.3, -0.25) is 4.79 Å². The van der Waals surface area contributed by atoms with Gasteiger partial charge in [0.15, 0.2) is 0 Å². The molecule has 0 spiro atoms. The monoisotopic (exact) mass is 303 g/mol. The van der Waals surface area contributed by atoms with Crippen molar-refractivity contribution in [1.82, 2.24) is 10.3 Å². The highest BCUT2D eigenvalue weighted by Crippen LogP contribution is 2.10. The first-order valence-electron chi connectivity index (χ1n) is 6.91. The third kappa shape index (κ3) is 4.76. The Bertz CT molecular complexity index is 581. The lowest BCUT2D eigenvalue weighted by Crippen LogP contribution is -2.22. The number of nitrogens with one attached hydrogen (secondary N) is 2. The fourth-order valence-electron chi connectivity index (χ4n) is 1.77. The van der Waals surface area contributed by atoms with Gasteiger partial charge in [0.2, 0.25) is 0 Å². The van der Waals surface area contributed by atoms with Crippen molar-refractivity contribution < 1.29 is 4.79 Å². The lowest BCUT2D eigenvalue weighted by molar-refractivity contribution is 0.0950. The highest BCUT2D eigenvalue weighted by Gasteiger charge is 2.05. The van der Waals surface area contributed by atoms with Crippen molar-refractivity contribution in [3.63, 3.8) is 0 Å². The molecule has 2 aromatic rings. The second-order valence-electron chi connectivity index (χ2n) is 4.67. The Morgan fingerprint density at radius 3 is 2.57 bits per heavy atom. The molecule has 0 aliphatic heterocycles. The predicted molar refractivity (Wildman–Crippen MR) is 85.6 cm³/mol. The van der Waals surface area contributed by atoms with Crippen molar-refractivity contribution in [2.75, 3.05) is 11.9 Å². The maximum atomic E-state index is 12.0. The molecular weight excluding hydrogens is 286 g/mol. The van der Waals surface area contributed by atoms with Crippen molar-refractivity contribution in [3.05, 3.63) is 58.7 Å². The number of hydrogen-bond acceptors (Lipinski definition) is 3. The first-order chi connectivity index (χ1) is 10.2. The van der Waals surface area contributed by atoms with Gasteiger partial charge < -0.3 is 10.6 Å². The molecule has 0 aliphatic carbocycles. The molecular formula is C16H18ClN3O. The van der Waals surface area contributed by atoms with Crippen LogP contribution in [0.5, 0.6) is 0 Å². The molecule has 1 aromatic carbocycles. The molecule has 0 unspecified atom stereocenters. The van der Waals surface area contributed by atoms with E-state index in [1.165, 1.54) is 0 Å². The van der Waals surface area contributed by atoms with Crippen LogP contribution in [0.2, 0.25) is 5.02 Å². The number of benzene rings is 1. The van der Waals surface area contributed by atoms with Gasteiger partial charge in [-0.2, -0.15) is 0 Å². The van der Waals surface area contributed by atoms with Gasteiger partial charge in [-0.25, -0.2) is 4.98 Å². The molecule has 21 heavy (non-hydrogen) atoms. The number of aromatic nitrogens is 1. The van der Waals surface area contributed by atoms with E-state index < -0.39 is 0 Å². The van der Waals surface area contributed by atoms with E-state index in [2.05, 4.69) is 22.5 Å². The van der Waals surface area contributed by atoms with E-state index >= 15 is 0 Å². The van der Waals surface area contributed by atoms with Crippen LogP contribution in [0.1, 0.15) is 29.3 Å². The number of hydrogen-bond donors (Lipinski definition) is 2. The van der Waals surface area contributed by atoms with E-state index in [1.54, 1.807) is 24.4 Å². The molecule has 1 amide bonds. The smallest absolute Gasteiger partial charge is 0.253 e. The summed E-state index contributed by atoms with van der Waals surface area (Å²) in [7, 11) is 0. The van der Waals surface area contributed by atoms with Crippen LogP contribution in [0.25, 0.3) is 0 Å². The number of anilines is 1. The topological polar surface area (TPSA) is 54.0 Å². The van der Waals surface area contributed by atoms with Gasteiger partial charge in [-0.15, -0.1) is 0 Å². The van der Waals surface area contributed by atoms with Crippen LogP contribution in [0.4, 0.5) is 5.82 Å². The minimum absolute atomic E-state index is 0.139. The molecule has 110 valence electrons. The normalized spacial score (nSPS) is 10.2. The van der Waals surface area contributed by atoms with Gasteiger partial charge in [-0.1, -0.05) is 30.7 Å². The van der Waals surface area contributed by atoms with Gasteiger partial charge in [0.1, 0.15) is 5.82 Å². The Balaban J connectivity index is 1.89. The zero-order valence-electron chi connectivity index (χ0n) is 11.9. The van der Waals surface area contributed by atoms with Gasteiger partial charge >= 0.3 is 0 Å². The van der Waals surface area contributed by atoms with E-state index in [1.807, 2.05) is 18.2 Å². The van der Waals surface area contributed by atoms with Gasteiger partial charge in [0, 0.05) is 24.3 Å². The molecule has 2 N–H and O–H groups in total. The number of pyridine rings is 1. The quantitative estimate of drug-likeness (QED) is 0.859. The van der Waals surface area contributed by atoms with Crippen molar-refractivity contribution in [2.24, 2.45) is 0 Å². The molecule has 0 saturated carbocycles. The molecule has 0 radical (unpaired) electrons. The average Bonchev–Trinajstić information content (AvgIpc) is 2.52. The van der Waals surface area contributed by atoms with E-state index in [4.69, 9.17) is 11.6 Å². The Morgan fingerprint density at radius 1 is 1.19 bits per heavy atom. The second-order valence-corrected chi connectivity index (χ2v) is 5.10. The summed E-state index contributed by atoms with van der Waals surface area (Å²) < 4.78 is 0. The Labute approximate surface area is 129 Å². The summed E-state index contributed by atoms with van der Waals surface area (Å²) in [6, 6.07) is 11.0. The summed E-state index contributed by atoms with van der Waals surface area (Å²) >= 11 is 5.82. The Kier molecular flexibility index (Phi) is 5.58. The van der Waals surface area contributed by atoms with Crippen molar-refractivity contribution in [1.29, 1.82) is 0 Å². The van der Waals surface area contributed by atoms with Crippen LogP contribution in [-0.4, -0.2) is 17.4 Å². The van der Waals surface area contributed by atoms with E-state index in [9.17, 15) is 4.79 Å². The van der Waals surface area contributed by atoms with Gasteiger partial charge in [-0.05, 0) is 36.2 Å². The van der Waals surface area contributed by atoms with Gasteiger partial charge in [0.25, 0.3) is 5.91 Å². The summed E-state index contributed by atoms with van der Waals surface area (Å²) in [6.07, 6.45) is 2.61. The molecule has 0 saturated heterocycles. The summed E-state index contributed by atoms with van der Waals surface area (Å²) in [5.41, 5.74) is 1.55. The Morgan fingerprint density at radius 2 is 1.95 bits per heavy atom. The first-order valence-corrected chi connectivity index (χ1v) is 7.29. The number of nitrogens with zero attached hydrogens (tertiary/aromatic N) is 1. The van der Waals surface area contributed by atoms with E-state index in [0.29, 0.717) is 17.1 Å².